The third-order valence-electron chi connectivity index (χ3n) is 4.02. The molecule has 3 rings (SSSR count). The Labute approximate surface area is 162 Å². The number of nitrogens with zero attached hydrogens (tertiary/aromatic N) is 3. The average molecular weight is 384 g/mol. The van der Waals surface area contributed by atoms with Crippen LogP contribution in [-0.2, 0) is 0 Å². The van der Waals surface area contributed by atoms with E-state index in [0.29, 0.717) is 33.4 Å². The van der Waals surface area contributed by atoms with Crippen LogP contribution in [0.5, 0.6) is 17.2 Å². The Morgan fingerprint density at radius 2 is 1.67 bits per heavy atom. The summed E-state index contributed by atoms with van der Waals surface area (Å²) in [4.78, 5) is 0. The predicted molar refractivity (Wildman–Crippen MR) is 107 cm³/mol. The minimum absolute atomic E-state index is 0.383. The summed E-state index contributed by atoms with van der Waals surface area (Å²) in [5.41, 5.74) is 2.73. The molecule has 0 spiro atoms. The number of hydrogen-bond acceptors (Lipinski definition) is 6. The minimum Gasteiger partial charge on any atom is -0.496 e. The van der Waals surface area contributed by atoms with Crippen LogP contribution in [0.1, 0.15) is 11.1 Å². The first-order valence-corrected chi connectivity index (χ1v) is 8.57. The van der Waals surface area contributed by atoms with Gasteiger partial charge < -0.3 is 14.2 Å². The van der Waals surface area contributed by atoms with Crippen molar-refractivity contribution in [2.24, 2.45) is 5.10 Å². The van der Waals surface area contributed by atoms with Crippen molar-refractivity contribution >= 4 is 18.4 Å². The maximum Gasteiger partial charge on any atom is 0.216 e. The second-order valence-corrected chi connectivity index (χ2v) is 6.11. The number of rotatable bonds is 6. The monoisotopic (exact) mass is 384 g/mol. The molecule has 8 heteroatoms. The molecule has 0 fully saturated rings. The maximum absolute atomic E-state index is 5.45. The zero-order valence-electron chi connectivity index (χ0n) is 15.5. The van der Waals surface area contributed by atoms with Gasteiger partial charge in [-0.25, -0.2) is 5.10 Å². The zero-order valence-corrected chi connectivity index (χ0v) is 16.3. The number of aryl methyl sites for hydroxylation is 1. The van der Waals surface area contributed by atoms with Crippen molar-refractivity contribution in [3.63, 3.8) is 0 Å². The molecule has 27 heavy (non-hydrogen) atoms. The van der Waals surface area contributed by atoms with Gasteiger partial charge in [-0.1, -0.05) is 29.8 Å². The number of aromatic nitrogens is 3. The third-order valence-corrected chi connectivity index (χ3v) is 4.28. The van der Waals surface area contributed by atoms with Crippen LogP contribution in [0.25, 0.3) is 11.4 Å². The molecule has 0 bridgehead atoms. The molecule has 0 aliphatic carbocycles. The molecule has 3 aromatic rings. The van der Waals surface area contributed by atoms with Crippen LogP contribution in [0.15, 0.2) is 41.5 Å². The van der Waals surface area contributed by atoms with Gasteiger partial charge in [-0.15, -0.1) is 0 Å². The van der Waals surface area contributed by atoms with Crippen molar-refractivity contribution in [1.82, 2.24) is 14.9 Å². The molecule has 0 radical (unpaired) electrons. The number of aromatic amines is 1. The van der Waals surface area contributed by atoms with Gasteiger partial charge in [-0.05, 0) is 19.1 Å². The molecule has 1 aromatic heterocycles. The van der Waals surface area contributed by atoms with Crippen molar-refractivity contribution < 1.29 is 14.2 Å². The number of benzene rings is 2. The normalized spacial score (nSPS) is 11.0. The fraction of sp³-hybridized carbons (Fsp3) is 0.211. The van der Waals surface area contributed by atoms with Crippen molar-refractivity contribution in [2.75, 3.05) is 21.3 Å². The fourth-order valence-corrected chi connectivity index (χ4v) is 2.74. The third kappa shape index (κ3) is 3.85. The summed E-state index contributed by atoms with van der Waals surface area (Å²) in [6.45, 7) is 2.03. The van der Waals surface area contributed by atoms with Crippen LogP contribution >= 0.6 is 12.2 Å². The van der Waals surface area contributed by atoms with Gasteiger partial charge in [0.25, 0.3) is 0 Å². The van der Waals surface area contributed by atoms with Crippen LogP contribution in [0.2, 0.25) is 0 Å². The van der Waals surface area contributed by atoms with Gasteiger partial charge in [-0.3, -0.25) is 0 Å². The summed E-state index contributed by atoms with van der Waals surface area (Å²) in [7, 11) is 4.74. The van der Waals surface area contributed by atoms with E-state index in [0.717, 1.165) is 11.1 Å². The average Bonchev–Trinajstić information content (AvgIpc) is 3.06. The van der Waals surface area contributed by atoms with Crippen molar-refractivity contribution in [1.29, 1.82) is 0 Å². The Kier molecular flexibility index (Phi) is 5.56. The molecule has 0 unspecified atom stereocenters. The number of H-pyrrole nitrogens is 1. The van der Waals surface area contributed by atoms with E-state index >= 15 is 0 Å². The number of methoxy groups -OCH3 is 3. The summed E-state index contributed by atoms with van der Waals surface area (Å²) < 4.78 is 18.1. The topological polar surface area (TPSA) is 73.7 Å². The van der Waals surface area contributed by atoms with E-state index in [2.05, 4.69) is 15.3 Å². The molecule has 0 aliphatic rings. The number of hydrogen-bond donors (Lipinski definition) is 1. The highest BCUT2D eigenvalue weighted by Gasteiger charge is 2.13. The van der Waals surface area contributed by atoms with Gasteiger partial charge in [0.1, 0.15) is 17.2 Å². The molecule has 1 heterocycles. The summed E-state index contributed by atoms with van der Waals surface area (Å²) in [6, 6.07) is 11.5. The highest BCUT2D eigenvalue weighted by molar-refractivity contribution is 7.71. The lowest BCUT2D eigenvalue weighted by Gasteiger charge is -2.12. The molecule has 0 saturated heterocycles. The zero-order chi connectivity index (χ0) is 19.4. The van der Waals surface area contributed by atoms with E-state index in [1.807, 2.05) is 31.2 Å². The quantitative estimate of drug-likeness (QED) is 0.517. The number of nitrogens with one attached hydrogen (secondary N) is 1. The van der Waals surface area contributed by atoms with E-state index < -0.39 is 0 Å². The van der Waals surface area contributed by atoms with Crippen LogP contribution in [0, 0.1) is 11.7 Å². The van der Waals surface area contributed by atoms with E-state index in [1.54, 1.807) is 44.4 Å². The van der Waals surface area contributed by atoms with E-state index in [4.69, 9.17) is 26.4 Å². The Hall–Kier alpha value is -3.13. The number of ether oxygens (including phenoxy) is 3. The SMILES string of the molecule is COc1cc(OC)c(C=Nn2c(-c3ccc(C)cc3)n[nH]c2=S)c(OC)c1. The molecule has 2 aromatic carbocycles. The van der Waals surface area contributed by atoms with Crippen molar-refractivity contribution in [3.8, 4) is 28.6 Å². The lowest BCUT2D eigenvalue weighted by molar-refractivity contribution is 0.374. The van der Waals surface area contributed by atoms with Gasteiger partial charge in [0.05, 0.1) is 33.1 Å². The lowest BCUT2D eigenvalue weighted by Crippen LogP contribution is -2.00. The van der Waals surface area contributed by atoms with Gasteiger partial charge in [0.2, 0.25) is 4.77 Å². The molecule has 140 valence electrons. The van der Waals surface area contributed by atoms with Crippen LogP contribution in [0.4, 0.5) is 0 Å². The molecule has 0 amide bonds. The molecule has 0 aliphatic heterocycles. The minimum atomic E-state index is 0.383. The van der Waals surface area contributed by atoms with Crippen molar-refractivity contribution in [2.45, 2.75) is 6.92 Å². The molecule has 0 saturated carbocycles. The smallest absolute Gasteiger partial charge is 0.216 e. The predicted octanol–water partition coefficient (Wildman–Crippen LogP) is 3.82. The van der Waals surface area contributed by atoms with Crippen LogP contribution in [-0.4, -0.2) is 42.4 Å². The van der Waals surface area contributed by atoms with Crippen molar-refractivity contribution in [3.05, 3.63) is 52.3 Å². The lowest BCUT2D eigenvalue weighted by atomic mass is 10.1. The summed E-state index contributed by atoms with van der Waals surface area (Å²) in [5, 5.41) is 11.6. The van der Waals surface area contributed by atoms with Crippen LogP contribution in [0.3, 0.4) is 0 Å². The fourth-order valence-electron chi connectivity index (χ4n) is 2.56. The first-order chi connectivity index (χ1) is 13.1. The van der Waals surface area contributed by atoms with E-state index in [-0.39, 0.29) is 0 Å². The van der Waals surface area contributed by atoms with Gasteiger partial charge in [0, 0.05) is 17.7 Å². The largest absolute Gasteiger partial charge is 0.496 e. The summed E-state index contributed by atoms with van der Waals surface area (Å²) in [6.07, 6.45) is 1.63. The highest BCUT2D eigenvalue weighted by Crippen LogP contribution is 2.32. The molecule has 1 N–H and O–H groups in total. The van der Waals surface area contributed by atoms with Crippen LogP contribution < -0.4 is 14.2 Å². The van der Waals surface area contributed by atoms with Gasteiger partial charge >= 0.3 is 0 Å². The van der Waals surface area contributed by atoms with E-state index in [1.165, 1.54) is 0 Å². The molecular formula is C19H20N4O3S. The molecular weight excluding hydrogens is 364 g/mol. The highest BCUT2D eigenvalue weighted by atomic mass is 32.1. The Morgan fingerprint density at radius 3 is 2.22 bits per heavy atom. The summed E-state index contributed by atoms with van der Waals surface area (Å²) >= 11 is 5.32. The summed E-state index contributed by atoms with van der Waals surface area (Å²) in [5.74, 6) is 2.38. The van der Waals surface area contributed by atoms with E-state index in [9.17, 15) is 0 Å². The molecule has 0 atom stereocenters. The second-order valence-electron chi connectivity index (χ2n) is 5.72. The molecule has 7 nitrogen and oxygen atoms in total. The van der Waals surface area contributed by atoms with Gasteiger partial charge in [0.15, 0.2) is 5.82 Å². The maximum atomic E-state index is 5.45. The second kappa shape index (κ2) is 8.05. The first kappa shape index (κ1) is 18.7. The Bertz CT molecular complexity index is 997. The van der Waals surface area contributed by atoms with Gasteiger partial charge in [-0.2, -0.15) is 14.9 Å². The Balaban J connectivity index is 2.06. The Morgan fingerprint density at radius 1 is 1.04 bits per heavy atom. The standard InChI is InChI=1S/C19H20N4O3S/c1-12-5-7-13(8-6-12)18-21-22-19(27)23(18)20-11-15-16(25-3)9-14(24-2)10-17(15)26-4/h5-11H,1-4H3,(H,22,27). The first-order valence-electron chi connectivity index (χ1n) is 8.16.